The molecule has 0 aliphatic heterocycles. The molecule has 10 rings (SSSR count). The molecule has 8 heteroatoms. The molecule has 0 radical (unpaired) electrons. The van der Waals surface area contributed by atoms with Crippen LogP contribution in [0, 0.1) is 11.8 Å². The lowest BCUT2D eigenvalue weighted by molar-refractivity contribution is 0.241. The summed E-state index contributed by atoms with van der Waals surface area (Å²) in [5.41, 5.74) is 30.0. The number of nitrogens with two attached hydrogens (primary N) is 2. The van der Waals surface area contributed by atoms with Crippen molar-refractivity contribution in [2.45, 2.75) is 205 Å². The number of anilines is 2. The van der Waals surface area contributed by atoms with Gasteiger partial charge in [0.1, 0.15) is 0 Å². The van der Waals surface area contributed by atoms with E-state index in [0.29, 0.717) is 23.9 Å². The van der Waals surface area contributed by atoms with Crippen LogP contribution in [0.15, 0.2) is 95.1 Å². The Hall–Kier alpha value is -4.34. The van der Waals surface area contributed by atoms with Crippen LogP contribution in [0.2, 0.25) is 0 Å². The van der Waals surface area contributed by atoms with Crippen molar-refractivity contribution >= 4 is 33.2 Å². The third kappa shape index (κ3) is 12.4. The van der Waals surface area contributed by atoms with Crippen LogP contribution in [-0.2, 0) is 25.7 Å². The minimum absolute atomic E-state index is 0.103. The first kappa shape index (κ1) is 52.5. The number of nitrogens with one attached hydrogen (secondary N) is 4. The molecular weight excluding hydrogens is 881 g/mol. The molecule has 2 heterocycles. The number of unbranched alkanes of at least 4 members (excludes halogenated alkanes) is 8. The predicted molar refractivity (Wildman–Crippen MR) is 307 cm³/mol. The van der Waals surface area contributed by atoms with Gasteiger partial charge in [0, 0.05) is 81.6 Å². The number of aromatic nitrogens is 2. The first-order valence-electron chi connectivity index (χ1n) is 29.2. The second kappa shape index (κ2) is 24.8. The van der Waals surface area contributed by atoms with Crippen molar-refractivity contribution in [1.82, 2.24) is 20.6 Å². The van der Waals surface area contributed by atoms with E-state index in [9.17, 15) is 0 Å². The van der Waals surface area contributed by atoms with Crippen molar-refractivity contribution in [1.29, 1.82) is 0 Å². The summed E-state index contributed by atoms with van der Waals surface area (Å²) in [5.74, 6) is 1.08. The highest BCUT2D eigenvalue weighted by atomic mass is 15.0. The summed E-state index contributed by atoms with van der Waals surface area (Å²) < 4.78 is 0. The largest absolute Gasteiger partial charge is 0.384 e. The summed E-state index contributed by atoms with van der Waals surface area (Å²) >= 11 is 0. The molecule has 2 saturated carbocycles. The summed E-state index contributed by atoms with van der Waals surface area (Å²) in [6.45, 7) is 13.2. The molecule has 0 amide bonds. The van der Waals surface area contributed by atoms with Gasteiger partial charge >= 0.3 is 0 Å². The molecule has 2 aromatic heterocycles. The van der Waals surface area contributed by atoms with Gasteiger partial charge in [0.05, 0.1) is 11.0 Å². The molecule has 5 unspecified atom stereocenters. The van der Waals surface area contributed by atoms with Gasteiger partial charge in [0.25, 0.3) is 0 Å². The van der Waals surface area contributed by atoms with Crippen LogP contribution in [0.25, 0.3) is 21.8 Å². The second-order valence-electron chi connectivity index (χ2n) is 23.2. The molecule has 388 valence electrons. The maximum absolute atomic E-state index is 6.89. The fourth-order valence-electron chi connectivity index (χ4n) is 14.5. The Morgan fingerprint density at radius 3 is 1.65 bits per heavy atom. The molecule has 2 fully saturated rings. The molecule has 6 aliphatic carbocycles. The van der Waals surface area contributed by atoms with Gasteiger partial charge in [-0.2, -0.15) is 0 Å². The van der Waals surface area contributed by atoms with Crippen molar-refractivity contribution in [3.05, 3.63) is 118 Å². The number of hydrogen-bond donors (Lipinski definition) is 6. The third-order valence-electron chi connectivity index (χ3n) is 17.6. The number of benzene rings is 2. The van der Waals surface area contributed by atoms with Gasteiger partial charge < -0.3 is 32.7 Å². The molecular formula is C64H92N8. The molecule has 72 heavy (non-hydrogen) atoms. The fourth-order valence-corrected chi connectivity index (χ4v) is 14.5. The van der Waals surface area contributed by atoms with Crippen molar-refractivity contribution in [2.24, 2.45) is 23.3 Å². The molecule has 6 aliphatic rings. The van der Waals surface area contributed by atoms with Crippen LogP contribution in [0.4, 0.5) is 11.4 Å². The minimum Gasteiger partial charge on any atom is -0.384 e. The van der Waals surface area contributed by atoms with E-state index in [4.69, 9.17) is 21.4 Å². The molecule has 0 saturated heterocycles. The molecule has 4 aromatic rings. The van der Waals surface area contributed by atoms with Crippen LogP contribution in [0.3, 0.4) is 0 Å². The first-order valence-corrected chi connectivity index (χ1v) is 29.2. The maximum atomic E-state index is 6.89. The number of para-hydroxylation sites is 2. The van der Waals surface area contributed by atoms with E-state index in [1.807, 2.05) is 0 Å². The summed E-state index contributed by atoms with van der Waals surface area (Å²) in [4.78, 5) is 9.94. The number of aryl methyl sites for hydroxylation is 2. The fraction of sp³-hybridized carbons (Fsp3) is 0.594. The van der Waals surface area contributed by atoms with Crippen molar-refractivity contribution < 1.29 is 0 Å². The van der Waals surface area contributed by atoms with Crippen molar-refractivity contribution in [3.63, 3.8) is 0 Å². The standard InChI is InChI=1S/2C32H46N4/c1-3-28-24-19-23(2)21-32(28,33)22-25(20-24)34-17-11-5-4-6-12-18-35-31-26-13-7-9-15-29(26)36-30-16-10-8-14-27(30)31;1-3-28-24-19-23(2)21-32(28,22-25(33)20-24)35-18-12-6-4-5-11-17-34-31-26-13-7-9-15-29(26)36-30-16-10-8-14-27(30)31/h3,7,9,13,15,19,24-25,34H,4-6,8,10-12,14,16-18,20-22,33H2,1-2H3,(H,35,36);3,7,9,13,15,19,24-25,35H,4-6,8,10-12,14,16-18,20-22,33H2,1-2H3,(H,34,36)/t24?,25?,32-;/m0./s1. The molecule has 8 nitrogen and oxygen atoms in total. The Morgan fingerprint density at radius 2 is 1.08 bits per heavy atom. The number of rotatable bonds is 20. The normalized spacial score (nSPS) is 26.6. The van der Waals surface area contributed by atoms with Gasteiger partial charge in [-0.15, -0.1) is 0 Å². The summed E-state index contributed by atoms with van der Waals surface area (Å²) in [5, 5.41) is 18.1. The second-order valence-corrected chi connectivity index (χ2v) is 23.2. The zero-order valence-corrected chi connectivity index (χ0v) is 45.1. The predicted octanol–water partition coefficient (Wildman–Crippen LogP) is 13.7. The number of allylic oxidation sites excluding steroid dienone is 4. The van der Waals surface area contributed by atoms with E-state index in [-0.39, 0.29) is 11.1 Å². The highest BCUT2D eigenvalue weighted by Crippen LogP contribution is 2.47. The van der Waals surface area contributed by atoms with E-state index in [2.05, 4.69) is 122 Å². The lowest BCUT2D eigenvalue weighted by Crippen LogP contribution is -2.57. The highest BCUT2D eigenvalue weighted by molar-refractivity contribution is 5.94. The van der Waals surface area contributed by atoms with Gasteiger partial charge in [-0.1, -0.05) is 110 Å². The molecule has 6 atom stereocenters. The van der Waals surface area contributed by atoms with E-state index < -0.39 is 0 Å². The van der Waals surface area contributed by atoms with Crippen molar-refractivity contribution in [2.75, 3.05) is 36.8 Å². The first-order chi connectivity index (χ1) is 35.2. The topological polar surface area (TPSA) is 126 Å². The van der Waals surface area contributed by atoms with E-state index >= 15 is 0 Å². The zero-order chi connectivity index (χ0) is 49.9. The smallest absolute Gasteiger partial charge is 0.0726 e. The van der Waals surface area contributed by atoms with Crippen LogP contribution >= 0.6 is 0 Å². The number of hydrogen-bond acceptors (Lipinski definition) is 8. The van der Waals surface area contributed by atoms with Gasteiger partial charge in [0.2, 0.25) is 0 Å². The highest BCUT2D eigenvalue weighted by Gasteiger charge is 2.45. The maximum Gasteiger partial charge on any atom is 0.0726 e. The average Bonchev–Trinajstić information content (AvgIpc) is 3.36. The SMILES string of the molecule is CC=C1C2C=C(C)CC1(NCCCCCCCNc1c3c(nc4ccccc14)CCCC3)CC(N)C2.CC=C1C2C=C(C)C[C@]1(N)CC(NCCCCCCCNc1c3c(nc4ccccc14)CCCC3)C2. The number of fused-ring (bicyclic) bond motifs is 8. The Labute approximate surface area is 434 Å². The third-order valence-corrected chi connectivity index (χ3v) is 17.6. The van der Waals surface area contributed by atoms with Crippen LogP contribution in [0.5, 0.6) is 0 Å². The number of pyridine rings is 2. The Bertz CT molecular complexity index is 2590. The van der Waals surface area contributed by atoms with Crippen LogP contribution < -0.4 is 32.7 Å². The molecule has 4 bridgehead atoms. The van der Waals surface area contributed by atoms with E-state index in [1.54, 1.807) is 5.57 Å². The van der Waals surface area contributed by atoms with Crippen LogP contribution in [-0.4, -0.2) is 59.3 Å². The summed E-state index contributed by atoms with van der Waals surface area (Å²) in [6.07, 6.45) is 38.7. The molecule has 2 aromatic carbocycles. The average molecular weight is 973 g/mol. The minimum atomic E-state index is -0.124. The van der Waals surface area contributed by atoms with E-state index in [0.717, 1.165) is 82.2 Å². The summed E-state index contributed by atoms with van der Waals surface area (Å²) in [6, 6.07) is 18.1. The van der Waals surface area contributed by atoms with Gasteiger partial charge in [-0.25, -0.2) is 0 Å². The Kier molecular flexibility index (Phi) is 18.1. The monoisotopic (exact) mass is 973 g/mol. The van der Waals surface area contributed by atoms with Gasteiger partial charge in [0.15, 0.2) is 0 Å². The van der Waals surface area contributed by atoms with Gasteiger partial charge in [-0.05, 0) is 191 Å². The lowest BCUT2D eigenvalue weighted by Gasteiger charge is -2.49. The van der Waals surface area contributed by atoms with Gasteiger partial charge in [-0.3, -0.25) is 9.97 Å². The Balaban J connectivity index is 0.000000178. The molecule has 8 N–H and O–H groups in total. The van der Waals surface area contributed by atoms with E-state index in [1.165, 1.54) is 171 Å². The number of nitrogens with zero attached hydrogens (tertiary/aromatic N) is 2. The molecule has 0 spiro atoms. The Morgan fingerprint density at radius 1 is 0.583 bits per heavy atom. The quantitative estimate of drug-likeness (QED) is 0.0382. The van der Waals surface area contributed by atoms with Crippen molar-refractivity contribution in [3.8, 4) is 0 Å². The van der Waals surface area contributed by atoms with Crippen LogP contribution in [0.1, 0.15) is 179 Å². The zero-order valence-electron chi connectivity index (χ0n) is 45.1. The lowest BCUT2D eigenvalue weighted by atomic mass is 9.63. The summed E-state index contributed by atoms with van der Waals surface area (Å²) in [7, 11) is 0.